The molecule has 2 amide bonds. The molecule has 0 heterocycles. The van der Waals surface area contributed by atoms with E-state index in [9.17, 15) is 9.59 Å². The lowest BCUT2D eigenvalue weighted by Crippen LogP contribution is -2.42. The summed E-state index contributed by atoms with van der Waals surface area (Å²) in [6.07, 6.45) is -0.906. The fraction of sp³-hybridized carbons (Fsp3) is 0.391. The van der Waals surface area contributed by atoms with Crippen molar-refractivity contribution in [2.24, 2.45) is 11.3 Å². The fourth-order valence-electron chi connectivity index (χ4n) is 2.54. The first-order valence-corrected chi connectivity index (χ1v) is 9.76. The SMILES string of the molecule is CC(CNC(=O)OCc1ccccc1)C(C)(C)CNC(=O)OCc1ccccc1. The zero-order valence-electron chi connectivity index (χ0n) is 17.3. The van der Waals surface area contributed by atoms with Crippen molar-refractivity contribution in [1.82, 2.24) is 10.6 Å². The Balaban J connectivity index is 1.66. The summed E-state index contributed by atoms with van der Waals surface area (Å²) in [5, 5.41) is 5.59. The number of hydrogen-bond donors (Lipinski definition) is 2. The third kappa shape index (κ3) is 8.25. The van der Waals surface area contributed by atoms with Crippen LogP contribution in [-0.4, -0.2) is 25.3 Å². The molecule has 6 heteroatoms. The molecule has 0 aromatic heterocycles. The maximum absolute atomic E-state index is 11.9. The Hall–Kier alpha value is -3.02. The van der Waals surface area contributed by atoms with Gasteiger partial charge in [-0.05, 0) is 22.5 Å². The molecule has 0 aliphatic rings. The lowest BCUT2D eigenvalue weighted by Gasteiger charge is -2.31. The maximum Gasteiger partial charge on any atom is 0.407 e. The predicted octanol–water partition coefficient (Wildman–Crippen LogP) is 4.50. The summed E-state index contributed by atoms with van der Waals surface area (Å²) in [4.78, 5) is 23.9. The van der Waals surface area contributed by atoms with Gasteiger partial charge in [-0.25, -0.2) is 9.59 Å². The lowest BCUT2D eigenvalue weighted by atomic mass is 9.80. The number of benzene rings is 2. The van der Waals surface area contributed by atoms with Crippen molar-refractivity contribution in [3.05, 3.63) is 71.8 Å². The highest BCUT2D eigenvalue weighted by Gasteiger charge is 2.27. The second-order valence-corrected chi connectivity index (χ2v) is 7.75. The van der Waals surface area contributed by atoms with Crippen LogP contribution in [0.1, 0.15) is 31.9 Å². The van der Waals surface area contributed by atoms with Crippen LogP contribution in [0.4, 0.5) is 9.59 Å². The van der Waals surface area contributed by atoms with Crippen LogP contribution < -0.4 is 10.6 Å². The van der Waals surface area contributed by atoms with Crippen molar-refractivity contribution in [2.75, 3.05) is 13.1 Å². The van der Waals surface area contributed by atoms with E-state index in [1.807, 2.05) is 81.4 Å². The minimum atomic E-state index is -0.454. The summed E-state index contributed by atoms with van der Waals surface area (Å²) < 4.78 is 10.5. The molecule has 29 heavy (non-hydrogen) atoms. The maximum atomic E-state index is 11.9. The molecule has 0 radical (unpaired) electrons. The van der Waals surface area contributed by atoms with Crippen LogP contribution in [0.25, 0.3) is 0 Å². The summed E-state index contributed by atoms with van der Waals surface area (Å²) in [6.45, 7) is 7.44. The number of nitrogens with one attached hydrogen (secondary N) is 2. The molecular formula is C23H30N2O4. The van der Waals surface area contributed by atoms with Crippen molar-refractivity contribution in [3.63, 3.8) is 0 Å². The van der Waals surface area contributed by atoms with E-state index >= 15 is 0 Å². The third-order valence-electron chi connectivity index (χ3n) is 5.00. The van der Waals surface area contributed by atoms with Gasteiger partial charge in [0.25, 0.3) is 0 Å². The number of alkyl carbamates (subject to hydrolysis) is 2. The topological polar surface area (TPSA) is 76.7 Å². The Morgan fingerprint density at radius 3 is 1.76 bits per heavy atom. The molecule has 1 unspecified atom stereocenters. The van der Waals surface area contributed by atoms with Gasteiger partial charge in [0.2, 0.25) is 0 Å². The summed E-state index contributed by atoms with van der Waals surface area (Å²) in [5.74, 6) is 0.112. The van der Waals surface area contributed by atoms with Gasteiger partial charge in [-0.15, -0.1) is 0 Å². The van der Waals surface area contributed by atoms with Gasteiger partial charge in [-0.3, -0.25) is 0 Å². The Morgan fingerprint density at radius 2 is 1.28 bits per heavy atom. The normalized spacial score (nSPS) is 12.0. The highest BCUT2D eigenvalue weighted by molar-refractivity contribution is 5.67. The molecule has 0 bridgehead atoms. The number of hydrogen-bond acceptors (Lipinski definition) is 4. The number of ether oxygens (including phenoxy) is 2. The molecule has 0 fully saturated rings. The molecule has 0 saturated heterocycles. The fourth-order valence-corrected chi connectivity index (χ4v) is 2.54. The number of amides is 2. The van der Waals surface area contributed by atoms with E-state index in [4.69, 9.17) is 9.47 Å². The zero-order chi connectivity index (χ0) is 21.1. The zero-order valence-corrected chi connectivity index (χ0v) is 17.3. The van der Waals surface area contributed by atoms with Crippen LogP contribution in [-0.2, 0) is 22.7 Å². The summed E-state index contributed by atoms with van der Waals surface area (Å²) in [5.41, 5.74) is 1.64. The van der Waals surface area contributed by atoms with E-state index in [1.54, 1.807) is 0 Å². The van der Waals surface area contributed by atoms with Gasteiger partial charge in [-0.2, -0.15) is 0 Å². The van der Waals surface area contributed by atoms with Crippen molar-refractivity contribution >= 4 is 12.2 Å². The van der Waals surface area contributed by atoms with Gasteiger partial charge in [0.1, 0.15) is 13.2 Å². The molecule has 2 N–H and O–H groups in total. The molecule has 1 atom stereocenters. The minimum absolute atomic E-state index is 0.112. The molecule has 156 valence electrons. The molecule has 2 aromatic carbocycles. The lowest BCUT2D eigenvalue weighted by molar-refractivity contribution is 0.123. The second-order valence-electron chi connectivity index (χ2n) is 7.75. The predicted molar refractivity (Wildman–Crippen MR) is 112 cm³/mol. The number of carbonyl (C=O) groups excluding carboxylic acids is 2. The Labute approximate surface area is 172 Å². The Morgan fingerprint density at radius 1 is 0.828 bits per heavy atom. The molecule has 2 rings (SSSR count). The van der Waals surface area contributed by atoms with Crippen LogP contribution in [0.5, 0.6) is 0 Å². The molecule has 0 aliphatic heterocycles. The third-order valence-corrected chi connectivity index (χ3v) is 5.00. The molecule has 0 saturated carbocycles. The standard InChI is InChI=1S/C23H30N2O4/c1-18(14-24-21(26)28-15-19-10-6-4-7-11-19)23(2,3)17-25-22(27)29-16-20-12-8-5-9-13-20/h4-13,18H,14-17H2,1-3H3,(H,24,26)(H,25,27). The largest absolute Gasteiger partial charge is 0.445 e. The van der Waals surface area contributed by atoms with E-state index in [0.717, 1.165) is 11.1 Å². The highest BCUT2D eigenvalue weighted by Crippen LogP contribution is 2.25. The monoisotopic (exact) mass is 398 g/mol. The van der Waals surface area contributed by atoms with Gasteiger partial charge >= 0.3 is 12.2 Å². The minimum Gasteiger partial charge on any atom is -0.445 e. The average molecular weight is 399 g/mol. The van der Waals surface area contributed by atoms with E-state index in [1.165, 1.54) is 0 Å². The van der Waals surface area contributed by atoms with Gasteiger partial charge in [0, 0.05) is 13.1 Å². The summed E-state index contributed by atoms with van der Waals surface area (Å²) in [7, 11) is 0. The quantitative estimate of drug-likeness (QED) is 0.652. The van der Waals surface area contributed by atoms with Gasteiger partial charge in [0.15, 0.2) is 0 Å². The first-order chi connectivity index (χ1) is 13.9. The van der Waals surface area contributed by atoms with E-state index in [-0.39, 0.29) is 24.5 Å². The van der Waals surface area contributed by atoms with Crippen molar-refractivity contribution in [3.8, 4) is 0 Å². The Bertz CT molecular complexity index is 763. The van der Waals surface area contributed by atoms with Gasteiger partial charge in [-0.1, -0.05) is 81.4 Å². The van der Waals surface area contributed by atoms with E-state index in [0.29, 0.717) is 13.1 Å². The molecule has 6 nitrogen and oxygen atoms in total. The van der Waals surface area contributed by atoms with Crippen LogP contribution >= 0.6 is 0 Å². The van der Waals surface area contributed by atoms with Crippen LogP contribution in [0.3, 0.4) is 0 Å². The van der Waals surface area contributed by atoms with E-state index < -0.39 is 12.2 Å². The first kappa shape index (κ1) is 22.3. The van der Waals surface area contributed by atoms with Crippen LogP contribution in [0.15, 0.2) is 60.7 Å². The molecular weight excluding hydrogens is 368 g/mol. The van der Waals surface area contributed by atoms with Gasteiger partial charge < -0.3 is 20.1 Å². The summed E-state index contributed by atoms with van der Waals surface area (Å²) in [6, 6.07) is 19.1. The van der Waals surface area contributed by atoms with Crippen molar-refractivity contribution in [2.45, 2.75) is 34.0 Å². The average Bonchev–Trinajstić information content (AvgIpc) is 2.74. The molecule has 0 spiro atoms. The number of carbonyl (C=O) groups is 2. The summed E-state index contributed by atoms with van der Waals surface area (Å²) >= 11 is 0. The smallest absolute Gasteiger partial charge is 0.407 e. The molecule has 2 aromatic rings. The van der Waals surface area contributed by atoms with Gasteiger partial charge in [0.05, 0.1) is 0 Å². The highest BCUT2D eigenvalue weighted by atomic mass is 16.6. The second kappa shape index (κ2) is 11.1. The van der Waals surface area contributed by atoms with Crippen molar-refractivity contribution < 1.29 is 19.1 Å². The number of rotatable bonds is 9. The first-order valence-electron chi connectivity index (χ1n) is 9.76. The van der Waals surface area contributed by atoms with Crippen molar-refractivity contribution in [1.29, 1.82) is 0 Å². The Kier molecular flexibility index (Phi) is 8.52. The molecule has 0 aliphatic carbocycles. The van der Waals surface area contributed by atoms with Crippen LogP contribution in [0, 0.1) is 11.3 Å². The van der Waals surface area contributed by atoms with Crippen LogP contribution in [0.2, 0.25) is 0 Å². The van der Waals surface area contributed by atoms with E-state index in [2.05, 4.69) is 10.6 Å².